The molecule has 28 heavy (non-hydrogen) atoms. The van der Waals surface area contributed by atoms with Crippen LogP contribution < -0.4 is 9.46 Å². The van der Waals surface area contributed by atoms with Crippen LogP contribution in [0.4, 0.5) is 0 Å². The zero-order valence-corrected chi connectivity index (χ0v) is 16.4. The van der Waals surface area contributed by atoms with Gasteiger partial charge < -0.3 is 14.0 Å². The number of rotatable bonds is 9. The van der Waals surface area contributed by atoms with Gasteiger partial charge in [0.05, 0.1) is 18.0 Å². The lowest BCUT2D eigenvalue weighted by atomic mass is 10.2. The Morgan fingerprint density at radius 2 is 1.89 bits per heavy atom. The van der Waals surface area contributed by atoms with Crippen molar-refractivity contribution in [2.24, 2.45) is 0 Å². The highest BCUT2D eigenvalue weighted by Gasteiger charge is 2.17. The lowest BCUT2D eigenvalue weighted by Crippen LogP contribution is -2.24. The highest BCUT2D eigenvalue weighted by molar-refractivity contribution is 7.89. The van der Waals surface area contributed by atoms with E-state index in [0.29, 0.717) is 30.4 Å². The van der Waals surface area contributed by atoms with Crippen molar-refractivity contribution in [2.45, 2.75) is 18.4 Å². The number of hydrogen-bond donors (Lipinski definition) is 1. The summed E-state index contributed by atoms with van der Waals surface area (Å²) >= 11 is 0. The van der Waals surface area contributed by atoms with E-state index in [4.69, 9.17) is 14.0 Å². The fourth-order valence-electron chi connectivity index (χ4n) is 2.45. The maximum Gasteiger partial charge on any atom is 0.257 e. The molecular weight excluding hydrogens is 382 g/mol. The van der Waals surface area contributed by atoms with Gasteiger partial charge in [0.25, 0.3) is 5.89 Å². The maximum absolute atomic E-state index is 12.5. The van der Waals surface area contributed by atoms with E-state index >= 15 is 0 Å². The highest BCUT2D eigenvalue weighted by Crippen LogP contribution is 2.22. The van der Waals surface area contributed by atoms with E-state index in [9.17, 15) is 8.42 Å². The molecule has 0 spiro atoms. The molecule has 1 heterocycles. The van der Waals surface area contributed by atoms with Gasteiger partial charge in [-0.3, -0.25) is 0 Å². The fourth-order valence-corrected chi connectivity index (χ4v) is 3.52. The molecule has 0 unspecified atom stereocenters. The van der Waals surface area contributed by atoms with Gasteiger partial charge in [-0.2, -0.15) is 4.98 Å². The molecule has 2 aromatic carbocycles. The summed E-state index contributed by atoms with van der Waals surface area (Å²) in [6, 6.07) is 13.9. The summed E-state index contributed by atoms with van der Waals surface area (Å²) in [6.45, 7) is 2.55. The lowest BCUT2D eigenvalue weighted by molar-refractivity contribution is 0.146. The van der Waals surface area contributed by atoms with Crippen molar-refractivity contribution in [3.63, 3.8) is 0 Å². The largest absolute Gasteiger partial charge is 0.491 e. The van der Waals surface area contributed by atoms with E-state index in [1.807, 2.05) is 30.3 Å². The summed E-state index contributed by atoms with van der Waals surface area (Å²) in [6.07, 6.45) is 0. The monoisotopic (exact) mass is 403 g/mol. The maximum atomic E-state index is 12.5. The topological polar surface area (TPSA) is 104 Å². The molecule has 0 atom stereocenters. The number of sulfonamides is 1. The van der Waals surface area contributed by atoms with Gasteiger partial charge in [-0.25, -0.2) is 13.1 Å². The van der Waals surface area contributed by atoms with Crippen LogP contribution in [0.1, 0.15) is 11.4 Å². The Kier molecular flexibility index (Phi) is 6.40. The van der Waals surface area contributed by atoms with Crippen molar-refractivity contribution < 1.29 is 22.4 Å². The van der Waals surface area contributed by atoms with Crippen LogP contribution in [-0.2, 0) is 21.3 Å². The molecule has 0 bridgehead atoms. The predicted octanol–water partition coefficient (Wildman–Crippen LogP) is 2.55. The first-order valence-corrected chi connectivity index (χ1v) is 10.1. The number of hydrogen-bond acceptors (Lipinski definition) is 7. The third kappa shape index (κ3) is 4.94. The van der Waals surface area contributed by atoms with Gasteiger partial charge in [0.2, 0.25) is 10.0 Å². The summed E-state index contributed by atoms with van der Waals surface area (Å²) in [5, 5.41) is 3.82. The molecule has 0 saturated heterocycles. The second-order valence-electron chi connectivity index (χ2n) is 5.97. The predicted molar refractivity (Wildman–Crippen MR) is 102 cm³/mol. The van der Waals surface area contributed by atoms with Crippen LogP contribution in [0.15, 0.2) is 57.9 Å². The molecule has 0 fully saturated rings. The Labute approximate surface area is 163 Å². The summed E-state index contributed by atoms with van der Waals surface area (Å²) in [5.41, 5.74) is 1.48. The molecule has 148 valence electrons. The van der Waals surface area contributed by atoms with Crippen LogP contribution in [0.3, 0.4) is 0 Å². The van der Waals surface area contributed by atoms with E-state index in [1.165, 1.54) is 6.07 Å². The van der Waals surface area contributed by atoms with Gasteiger partial charge in [0, 0.05) is 12.7 Å². The average molecular weight is 403 g/mol. The number of ether oxygens (including phenoxy) is 2. The second kappa shape index (κ2) is 8.96. The van der Waals surface area contributed by atoms with Crippen molar-refractivity contribution in [2.75, 3.05) is 20.3 Å². The first-order valence-electron chi connectivity index (χ1n) is 8.59. The molecule has 1 N–H and O–H groups in total. The second-order valence-corrected chi connectivity index (χ2v) is 7.74. The smallest absolute Gasteiger partial charge is 0.257 e. The quantitative estimate of drug-likeness (QED) is 0.548. The molecule has 0 aliphatic carbocycles. The molecule has 9 heteroatoms. The molecule has 3 aromatic rings. The van der Waals surface area contributed by atoms with Gasteiger partial charge in [0.15, 0.2) is 5.82 Å². The Morgan fingerprint density at radius 1 is 1.11 bits per heavy atom. The summed E-state index contributed by atoms with van der Waals surface area (Å²) < 4.78 is 43.2. The third-order valence-corrected chi connectivity index (χ3v) is 5.31. The number of nitrogens with one attached hydrogen (secondary N) is 1. The average Bonchev–Trinajstić information content (AvgIpc) is 3.18. The number of methoxy groups -OCH3 is 1. The van der Waals surface area contributed by atoms with Crippen LogP contribution in [0.5, 0.6) is 5.75 Å². The van der Waals surface area contributed by atoms with E-state index in [2.05, 4.69) is 14.9 Å². The highest BCUT2D eigenvalue weighted by atomic mass is 32.2. The van der Waals surface area contributed by atoms with Gasteiger partial charge in [0.1, 0.15) is 12.4 Å². The minimum absolute atomic E-state index is 0.0796. The van der Waals surface area contributed by atoms with Gasteiger partial charge >= 0.3 is 0 Å². The SMILES string of the molecule is COCCOc1ccc(S(=O)(=O)NCc2noc(-c3ccccc3)n2)cc1C. The van der Waals surface area contributed by atoms with Crippen LogP contribution in [0, 0.1) is 6.92 Å². The number of aryl methyl sites for hydroxylation is 1. The van der Waals surface area contributed by atoms with Crippen LogP contribution in [0.25, 0.3) is 11.5 Å². The van der Waals surface area contributed by atoms with E-state index < -0.39 is 10.0 Å². The summed E-state index contributed by atoms with van der Waals surface area (Å²) in [4.78, 5) is 4.35. The van der Waals surface area contributed by atoms with Gasteiger partial charge in [-0.05, 0) is 42.8 Å². The van der Waals surface area contributed by atoms with Crippen molar-refractivity contribution in [3.8, 4) is 17.2 Å². The normalized spacial score (nSPS) is 11.5. The first-order chi connectivity index (χ1) is 13.5. The van der Waals surface area contributed by atoms with E-state index in [-0.39, 0.29) is 17.3 Å². The molecule has 0 aliphatic heterocycles. The molecular formula is C19H21N3O5S. The zero-order valence-electron chi connectivity index (χ0n) is 15.6. The van der Waals surface area contributed by atoms with Crippen LogP contribution in [-0.4, -0.2) is 38.9 Å². The van der Waals surface area contributed by atoms with E-state index in [0.717, 1.165) is 5.56 Å². The third-order valence-electron chi connectivity index (χ3n) is 3.91. The van der Waals surface area contributed by atoms with Gasteiger partial charge in [-0.1, -0.05) is 23.4 Å². The minimum atomic E-state index is -3.73. The van der Waals surface area contributed by atoms with E-state index in [1.54, 1.807) is 26.2 Å². The minimum Gasteiger partial charge on any atom is -0.491 e. The zero-order chi connectivity index (χ0) is 20.0. The molecule has 0 aliphatic rings. The molecule has 3 rings (SSSR count). The fraction of sp³-hybridized carbons (Fsp3) is 0.263. The first kappa shape index (κ1) is 20.0. The standard InChI is InChI=1S/C19H21N3O5S/c1-14-12-16(8-9-17(14)26-11-10-25-2)28(23,24)20-13-18-21-19(27-22-18)15-6-4-3-5-7-15/h3-9,12,20H,10-11,13H2,1-2H3. The molecule has 1 aromatic heterocycles. The lowest BCUT2D eigenvalue weighted by Gasteiger charge is -2.11. The van der Waals surface area contributed by atoms with Crippen LogP contribution >= 0.6 is 0 Å². The number of aromatic nitrogens is 2. The van der Waals surface area contributed by atoms with Crippen molar-refractivity contribution in [1.29, 1.82) is 0 Å². The summed E-state index contributed by atoms with van der Waals surface area (Å²) in [7, 11) is -2.14. The number of nitrogens with zero attached hydrogens (tertiary/aromatic N) is 2. The summed E-state index contributed by atoms with van der Waals surface area (Å²) in [5.74, 6) is 1.20. The van der Waals surface area contributed by atoms with Crippen molar-refractivity contribution in [3.05, 3.63) is 59.9 Å². The Hall–Kier alpha value is -2.75. The Balaban J connectivity index is 1.66. The van der Waals surface area contributed by atoms with Crippen LogP contribution in [0.2, 0.25) is 0 Å². The molecule has 8 nitrogen and oxygen atoms in total. The molecule has 0 radical (unpaired) electrons. The number of benzene rings is 2. The molecule has 0 saturated carbocycles. The van der Waals surface area contributed by atoms with Crippen molar-refractivity contribution >= 4 is 10.0 Å². The van der Waals surface area contributed by atoms with Gasteiger partial charge in [-0.15, -0.1) is 0 Å². The Bertz CT molecular complexity index is 1020. The molecule has 0 amide bonds. The Morgan fingerprint density at radius 3 is 2.61 bits per heavy atom. The van der Waals surface area contributed by atoms with Crippen molar-refractivity contribution in [1.82, 2.24) is 14.9 Å².